The van der Waals surface area contributed by atoms with E-state index in [1.807, 2.05) is 0 Å². The van der Waals surface area contributed by atoms with Crippen molar-refractivity contribution in [3.63, 3.8) is 0 Å². The molecule has 0 fully saturated rings. The van der Waals surface area contributed by atoms with E-state index >= 15 is 0 Å². The average Bonchev–Trinajstić information content (AvgIpc) is 2.54. The monoisotopic (exact) mass is 489 g/mol. The third-order valence-corrected chi connectivity index (χ3v) is 4.47. The fourth-order valence-corrected chi connectivity index (χ4v) is 2.21. The van der Waals surface area contributed by atoms with Crippen molar-refractivity contribution in [2.75, 3.05) is 19.6 Å². The normalized spacial score (nSPS) is 11.0. The van der Waals surface area contributed by atoms with E-state index < -0.39 is 35.2 Å². The number of phenols is 1. The number of benzene rings is 1. The van der Waals surface area contributed by atoms with E-state index in [1.54, 1.807) is 12.5 Å². The van der Waals surface area contributed by atoms with Crippen LogP contribution in [0.1, 0.15) is 6.42 Å². The van der Waals surface area contributed by atoms with Gasteiger partial charge < -0.3 is 20.6 Å². The van der Waals surface area contributed by atoms with Crippen molar-refractivity contribution in [3.05, 3.63) is 25.1 Å². The van der Waals surface area contributed by atoms with Crippen LogP contribution in [0.15, 0.2) is 0 Å². The number of carboxylic acids is 2. The van der Waals surface area contributed by atoms with Crippen LogP contribution in [0.3, 0.4) is 0 Å². The number of rotatable bonds is 4. The molecular weight excluding hydrogens is 475 g/mol. The number of carboxylic acid groups (broad SMARTS) is 2. The molecule has 0 saturated carbocycles. The van der Waals surface area contributed by atoms with Gasteiger partial charge >= 0.3 is 11.9 Å². The predicted molar refractivity (Wildman–Crippen MR) is 106 cm³/mol. The summed E-state index contributed by atoms with van der Waals surface area (Å²) in [5, 5.41) is 27.8. The Morgan fingerprint density at radius 3 is 1.46 bits per heavy atom. The second kappa shape index (κ2) is 13.7. The molecule has 0 heterocycles. The smallest absolute Gasteiger partial charge is 0.321 e. The number of likely N-dealkylation sites (N-methyl/N-ethyl adjacent to an activating group) is 1. The van der Waals surface area contributed by atoms with Crippen molar-refractivity contribution in [1.29, 1.82) is 0 Å². The zero-order valence-corrected chi connectivity index (χ0v) is 18.2. The van der Waals surface area contributed by atoms with Crippen LogP contribution in [0.2, 0.25) is 25.1 Å². The minimum absolute atomic E-state index is 0.00904. The molecule has 0 saturated heterocycles. The highest BCUT2D eigenvalue weighted by atomic mass is 35.5. The lowest BCUT2D eigenvalue weighted by molar-refractivity contribution is -0.145. The number of hydrogen-bond acceptors (Lipinski definition) is 5. The minimum Gasteiger partial charge on any atom is -0.505 e. The first kappa shape index (κ1) is 27.7. The topological polar surface area (TPSA) is 124 Å². The highest BCUT2D eigenvalue weighted by Crippen LogP contribution is 2.47. The third-order valence-electron chi connectivity index (χ3n) is 2.21. The Morgan fingerprint density at radius 2 is 1.27 bits per heavy atom. The molecule has 1 aromatic carbocycles. The summed E-state index contributed by atoms with van der Waals surface area (Å²) in [5.41, 5.74) is 0. The van der Waals surface area contributed by atoms with Crippen molar-refractivity contribution in [3.8, 4) is 5.75 Å². The van der Waals surface area contributed by atoms with Gasteiger partial charge in [-0.15, -0.1) is 0 Å². The van der Waals surface area contributed by atoms with Crippen molar-refractivity contribution < 1.29 is 29.1 Å². The first-order valence-electron chi connectivity index (χ1n) is 6.35. The molecular formula is C13H16Cl5NO6S. The Kier molecular flexibility index (Phi) is 14.6. The van der Waals surface area contributed by atoms with Crippen molar-refractivity contribution in [1.82, 2.24) is 5.32 Å². The highest BCUT2D eigenvalue weighted by Gasteiger charge is 2.18. The van der Waals surface area contributed by atoms with E-state index in [2.05, 4.69) is 5.32 Å². The SMILES string of the molecule is CN[C@@H](CC(=O)O)C(=O)O.CS(C)=O.Oc1c(Cl)c(Cl)c(Cl)c(Cl)c1Cl. The molecule has 1 rings (SSSR count). The summed E-state index contributed by atoms with van der Waals surface area (Å²) in [7, 11) is 0.793. The van der Waals surface area contributed by atoms with Gasteiger partial charge in [-0.05, 0) is 7.05 Å². The predicted octanol–water partition coefficient (Wildman–Crippen LogP) is 3.79. The van der Waals surface area contributed by atoms with Gasteiger partial charge in [0.1, 0.15) is 16.1 Å². The van der Waals surface area contributed by atoms with E-state index in [0.29, 0.717) is 0 Å². The standard InChI is InChI=1S/C6HCl5O.C5H9NO4.C2H6OS/c7-1-2(8)4(10)6(12)5(11)3(1)9;1-6-3(5(9)10)2-4(7)8;1-4(2)3/h12H;3,6H,2H2,1H3,(H,7,8)(H,9,10);1-2H3/t;3-;/m.0./s1. The van der Waals surface area contributed by atoms with Gasteiger partial charge in [-0.3, -0.25) is 13.8 Å². The van der Waals surface area contributed by atoms with E-state index in [9.17, 15) is 18.9 Å². The van der Waals surface area contributed by atoms with E-state index in [0.717, 1.165) is 0 Å². The van der Waals surface area contributed by atoms with Crippen LogP contribution >= 0.6 is 58.0 Å². The van der Waals surface area contributed by atoms with Gasteiger partial charge in [0, 0.05) is 23.3 Å². The molecule has 13 heteroatoms. The zero-order valence-electron chi connectivity index (χ0n) is 13.6. The van der Waals surface area contributed by atoms with Crippen molar-refractivity contribution in [2.24, 2.45) is 0 Å². The lowest BCUT2D eigenvalue weighted by atomic mass is 10.2. The van der Waals surface area contributed by atoms with Crippen LogP contribution in [-0.2, 0) is 20.4 Å². The molecule has 0 unspecified atom stereocenters. The number of halogens is 5. The fraction of sp³-hybridized carbons (Fsp3) is 0.385. The van der Waals surface area contributed by atoms with Gasteiger partial charge in [0.15, 0.2) is 5.75 Å². The zero-order chi connectivity index (χ0) is 21.2. The Labute approximate surface area is 177 Å². The fourth-order valence-electron chi connectivity index (χ4n) is 1.08. The Hall–Kier alpha value is -0.480. The summed E-state index contributed by atoms with van der Waals surface area (Å²) < 4.78 is 9.56. The molecule has 0 amide bonds. The first-order valence-corrected chi connectivity index (χ1v) is 10.2. The molecule has 150 valence electrons. The summed E-state index contributed by atoms with van der Waals surface area (Å²) in [6.07, 6.45) is 2.88. The van der Waals surface area contributed by atoms with Gasteiger partial charge in [0.05, 0.1) is 21.5 Å². The van der Waals surface area contributed by atoms with Crippen LogP contribution in [0.25, 0.3) is 0 Å². The third kappa shape index (κ3) is 10.6. The van der Waals surface area contributed by atoms with Crippen LogP contribution < -0.4 is 5.32 Å². The van der Waals surface area contributed by atoms with E-state index in [1.165, 1.54) is 7.05 Å². The minimum atomic E-state index is -1.15. The molecule has 0 aliphatic carbocycles. The Balaban J connectivity index is 0. The maximum absolute atomic E-state index is 10.1. The van der Waals surface area contributed by atoms with E-state index in [4.69, 9.17) is 68.2 Å². The molecule has 0 bridgehead atoms. The summed E-state index contributed by atoms with van der Waals surface area (Å²) in [4.78, 5) is 20.1. The summed E-state index contributed by atoms with van der Waals surface area (Å²) >= 11 is 27.9. The quantitative estimate of drug-likeness (QED) is 0.373. The average molecular weight is 492 g/mol. The molecule has 0 spiro atoms. The van der Waals surface area contributed by atoms with Gasteiger partial charge in [0.2, 0.25) is 0 Å². The lowest BCUT2D eigenvalue weighted by Crippen LogP contribution is -2.35. The molecule has 7 nitrogen and oxygen atoms in total. The van der Waals surface area contributed by atoms with E-state index in [-0.39, 0.29) is 30.9 Å². The van der Waals surface area contributed by atoms with Crippen molar-refractivity contribution >= 4 is 80.7 Å². The maximum atomic E-state index is 10.1. The molecule has 26 heavy (non-hydrogen) atoms. The Bertz CT molecular complexity index is 564. The molecule has 0 aliphatic heterocycles. The number of phenolic OH excluding ortho intramolecular Hbond substituents is 1. The second-order valence-electron chi connectivity index (χ2n) is 4.44. The first-order chi connectivity index (χ1) is 11.8. The molecule has 0 aromatic heterocycles. The number of aliphatic carboxylic acids is 2. The molecule has 1 atom stereocenters. The second-order valence-corrected chi connectivity index (χ2v) is 7.81. The number of nitrogens with one attached hydrogen (secondary N) is 1. The number of aromatic hydroxyl groups is 1. The largest absolute Gasteiger partial charge is 0.505 e. The lowest BCUT2D eigenvalue weighted by Gasteiger charge is -2.06. The number of hydrogen-bond donors (Lipinski definition) is 4. The van der Waals surface area contributed by atoms with Crippen LogP contribution in [0, 0.1) is 0 Å². The summed E-state index contributed by atoms with van der Waals surface area (Å²) in [6, 6.07) is -0.988. The maximum Gasteiger partial charge on any atom is 0.321 e. The Morgan fingerprint density at radius 1 is 0.962 bits per heavy atom. The molecule has 1 aromatic rings. The van der Waals surface area contributed by atoms with Gasteiger partial charge in [-0.25, -0.2) is 0 Å². The molecule has 4 N–H and O–H groups in total. The highest BCUT2D eigenvalue weighted by molar-refractivity contribution is 7.83. The summed E-state index contributed by atoms with van der Waals surface area (Å²) in [6.45, 7) is 0. The number of carbonyl (C=O) groups is 2. The molecule has 0 radical (unpaired) electrons. The van der Waals surface area contributed by atoms with Crippen molar-refractivity contribution in [2.45, 2.75) is 12.5 Å². The van der Waals surface area contributed by atoms with Gasteiger partial charge in [0.25, 0.3) is 0 Å². The van der Waals surface area contributed by atoms with Gasteiger partial charge in [-0.2, -0.15) is 0 Å². The van der Waals surface area contributed by atoms with Crippen LogP contribution in [0.5, 0.6) is 5.75 Å². The van der Waals surface area contributed by atoms with Gasteiger partial charge in [-0.1, -0.05) is 58.0 Å². The van der Waals surface area contributed by atoms with Crippen LogP contribution in [-0.4, -0.2) is 57.1 Å². The summed E-state index contributed by atoms with van der Waals surface area (Å²) in [5.74, 6) is -2.63. The molecule has 0 aliphatic rings. The van der Waals surface area contributed by atoms with Crippen LogP contribution in [0.4, 0.5) is 0 Å².